The van der Waals surface area contributed by atoms with E-state index in [9.17, 15) is 0 Å². The van der Waals surface area contributed by atoms with Crippen LogP contribution in [0.3, 0.4) is 0 Å². The number of rotatable bonds is 10. The van der Waals surface area contributed by atoms with Crippen LogP contribution in [0.15, 0.2) is 388 Å². The van der Waals surface area contributed by atoms with Gasteiger partial charge < -0.3 is 27.4 Å². The molecule has 0 saturated heterocycles. The van der Waals surface area contributed by atoms with Gasteiger partial charge in [-0.1, -0.05) is 218 Å². The zero-order valence-corrected chi connectivity index (χ0v) is 58.6. The molecule has 0 radical (unpaired) electrons. The number of fused-ring (bicyclic) bond motifs is 18. The van der Waals surface area contributed by atoms with Crippen LogP contribution in [-0.2, 0) is 0 Å². The van der Waals surface area contributed by atoms with Gasteiger partial charge in [-0.15, -0.1) is 0 Å². The highest BCUT2D eigenvalue weighted by Crippen LogP contribution is 2.44. The second kappa shape index (κ2) is 23.5. The molecule has 6 heterocycles. The number of nitrogens with zero attached hydrogens (tertiary/aromatic N) is 6. The Morgan fingerprint density at radius 2 is 0.296 bits per heavy atom. The van der Waals surface area contributed by atoms with Crippen LogP contribution in [0, 0.1) is 0 Å². The van der Waals surface area contributed by atoms with E-state index in [1.165, 1.54) is 175 Å². The summed E-state index contributed by atoms with van der Waals surface area (Å²) in [5, 5.41) is 14.8. The lowest BCUT2D eigenvalue weighted by Crippen LogP contribution is -1.98. The van der Waals surface area contributed by atoms with E-state index in [1.54, 1.807) is 0 Å². The molecule has 0 amide bonds. The molecule has 0 aliphatic rings. The minimum absolute atomic E-state index is 1.12. The fraction of sp³-hybridized carbons (Fsp3) is 0. The minimum Gasteiger partial charge on any atom is -0.309 e. The van der Waals surface area contributed by atoms with Gasteiger partial charge in [0.05, 0.1) is 66.2 Å². The van der Waals surface area contributed by atoms with Crippen molar-refractivity contribution in [3.8, 4) is 78.6 Å². The molecule has 0 aliphatic carbocycles. The van der Waals surface area contributed by atoms with E-state index >= 15 is 0 Å². The first-order chi connectivity index (χ1) is 53.6. The van der Waals surface area contributed by atoms with Gasteiger partial charge in [0, 0.05) is 98.8 Å². The Hall–Kier alpha value is -14.5. The minimum atomic E-state index is 1.12. The largest absolute Gasteiger partial charge is 0.309 e. The van der Waals surface area contributed by atoms with Crippen LogP contribution in [0.4, 0.5) is 0 Å². The summed E-state index contributed by atoms with van der Waals surface area (Å²) in [5.41, 5.74) is 30.5. The summed E-state index contributed by atoms with van der Waals surface area (Å²) in [6.07, 6.45) is 0. The lowest BCUT2D eigenvalue weighted by Gasteiger charge is -2.13. The molecule has 6 nitrogen and oxygen atoms in total. The van der Waals surface area contributed by atoms with Gasteiger partial charge >= 0.3 is 0 Å². The number of benzene rings is 17. The lowest BCUT2D eigenvalue weighted by atomic mass is 10.0. The number of hydrogen-bond donors (Lipinski definition) is 0. The molecule has 23 aromatic rings. The van der Waals surface area contributed by atoms with Crippen molar-refractivity contribution in [2.24, 2.45) is 0 Å². The van der Waals surface area contributed by atoms with Crippen molar-refractivity contribution in [2.45, 2.75) is 0 Å². The molecular formula is C102H64N6. The van der Waals surface area contributed by atoms with Crippen LogP contribution < -0.4 is 0 Å². The first kappa shape index (κ1) is 60.0. The van der Waals surface area contributed by atoms with Crippen LogP contribution in [0.5, 0.6) is 0 Å². The lowest BCUT2D eigenvalue weighted by molar-refractivity contribution is 1.13. The molecule has 17 aromatic carbocycles. The highest BCUT2D eigenvalue weighted by atomic mass is 15.0. The van der Waals surface area contributed by atoms with Crippen LogP contribution >= 0.6 is 0 Å². The molecule has 0 N–H and O–H groups in total. The predicted octanol–water partition coefficient (Wildman–Crippen LogP) is 26.9. The van der Waals surface area contributed by atoms with Crippen molar-refractivity contribution in [2.75, 3.05) is 0 Å². The smallest absolute Gasteiger partial charge is 0.0541 e. The highest BCUT2D eigenvalue weighted by Gasteiger charge is 2.22. The molecule has 108 heavy (non-hydrogen) atoms. The molecule has 23 rings (SSSR count). The van der Waals surface area contributed by atoms with Gasteiger partial charge in [0.25, 0.3) is 0 Å². The van der Waals surface area contributed by atoms with Crippen molar-refractivity contribution in [3.63, 3.8) is 0 Å². The van der Waals surface area contributed by atoms with E-state index in [1.807, 2.05) is 0 Å². The van der Waals surface area contributed by atoms with Gasteiger partial charge in [-0.3, -0.25) is 0 Å². The summed E-state index contributed by atoms with van der Waals surface area (Å²) in [7, 11) is 0. The van der Waals surface area contributed by atoms with Crippen molar-refractivity contribution < 1.29 is 0 Å². The summed E-state index contributed by atoms with van der Waals surface area (Å²) in [6, 6.07) is 144. The molecule has 6 heteroatoms. The second-order valence-electron chi connectivity index (χ2n) is 28.8. The Balaban J connectivity index is 0.539. The molecule has 502 valence electrons. The quantitative estimate of drug-likeness (QED) is 0.131. The number of hydrogen-bond acceptors (Lipinski definition) is 0. The number of para-hydroxylation sites is 8. The molecule has 0 atom stereocenters. The Morgan fingerprint density at radius 1 is 0.102 bits per heavy atom. The Morgan fingerprint density at radius 3 is 0.593 bits per heavy atom. The maximum Gasteiger partial charge on any atom is 0.0541 e. The van der Waals surface area contributed by atoms with E-state index in [-0.39, 0.29) is 0 Å². The summed E-state index contributed by atoms with van der Waals surface area (Å²) >= 11 is 0. The maximum absolute atomic E-state index is 2.44. The summed E-state index contributed by atoms with van der Waals surface area (Å²) in [6.45, 7) is 0. The SMILES string of the molecule is c1ccc(-n2c3ccccc3c3cc(-c4ccc5c(c4)c4ccccc4n5-c4cccc(-c5ccc6c(c5)c5ccccc5n6-c5ccc(-c6ccc(-n7c8ccccc8c8cc(-c9ccc%10c(c9)c9ccccc9n%10-c9cccc(-n%10c%11ccccc%11c%11ccccc%11%10)c9)ccc87)cc6)cc5)c4)ccc32)cc1. The third-order valence-electron chi connectivity index (χ3n) is 23.0. The Labute approximate surface area is 621 Å². The van der Waals surface area contributed by atoms with Crippen LogP contribution in [0.25, 0.3) is 209 Å². The van der Waals surface area contributed by atoms with Gasteiger partial charge in [0.2, 0.25) is 0 Å². The molecule has 0 unspecified atom stereocenters. The van der Waals surface area contributed by atoms with E-state index in [0.29, 0.717) is 0 Å². The molecule has 0 spiro atoms. The van der Waals surface area contributed by atoms with Crippen molar-refractivity contribution in [1.82, 2.24) is 27.4 Å². The van der Waals surface area contributed by atoms with Gasteiger partial charge in [-0.2, -0.15) is 0 Å². The van der Waals surface area contributed by atoms with Gasteiger partial charge in [-0.05, 0) is 214 Å². The standard InChI is InChI=1S/C102H64N6/c1-2-21-73(22-3-1)103-93-35-13-6-28-81(93)87-60-69(45-54-98(87)103)71-47-56-101-89(62-71)84-31-9-16-38-96(84)106(101)76-23-18-20-67(58-76)68-44-53-99-86(59-68)82-29-7-14-36-94(82)104(99)74-49-40-65(41-50-74)66-42-51-75(52-43-66)105-95-37-15-8-30-83(95)88-61-70(46-55-100(88)105)72-48-57-102-90(63-72)85-32-10-17-39-97(85)108(102)78-25-19-24-77(64-78)107-91-33-11-4-26-79(91)80-27-5-12-34-92(80)107/h1-64H. The third kappa shape index (κ3) is 9.08. The first-order valence-electron chi connectivity index (χ1n) is 37.2. The summed E-state index contributed by atoms with van der Waals surface area (Å²) in [4.78, 5) is 0. The van der Waals surface area contributed by atoms with Crippen LogP contribution in [0.2, 0.25) is 0 Å². The normalized spacial score (nSPS) is 12.1. The highest BCUT2D eigenvalue weighted by molar-refractivity contribution is 6.17. The average molecular weight is 1370 g/mol. The van der Waals surface area contributed by atoms with Crippen molar-refractivity contribution in [3.05, 3.63) is 388 Å². The second-order valence-corrected chi connectivity index (χ2v) is 28.8. The average Bonchev–Trinajstić information content (AvgIpc) is 1.60. The zero-order valence-electron chi connectivity index (χ0n) is 58.6. The van der Waals surface area contributed by atoms with Gasteiger partial charge in [0.1, 0.15) is 0 Å². The third-order valence-corrected chi connectivity index (χ3v) is 23.0. The van der Waals surface area contributed by atoms with Crippen LogP contribution in [-0.4, -0.2) is 27.4 Å². The fourth-order valence-electron chi connectivity index (χ4n) is 18.1. The van der Waals surface area contributed by atoms with E-state index < -0.39 is 0 Å². The molecule has 0 fully saturated rings. The van der Waals surface area contributed by atoms with Gasteiger partial charge in [0.15, 0.2) is 0 Å². The topological polar surface area (TPSA) is 29.6 Å². The first-order valence-corrected chi connectivity index (χ1v) is 37.2. The molecule has 0 saturated carbocycles. The van der Waals surface area contributed by atoms with Crippen LogP contribution in [0.1, 0.15) is 0 Å². The Kier molecular flexibility index (Phi) is 13.1. The van der Waals surface area contributed by atoms with E-state index in [2.05, 4.69) is 416 Å². The molecule has 0 aliphatic heterocycles. The summed E-state index contributed by atoms with van der Waals surface area (Å²) in [5.74, 6) is 0. The summed E-state index contributed by atoms with van der Waals surface area (Å²) < 4.78 is 14.5. The van der Waals surface area contributed by atoms with E-state index in [0.717, 1.165) is 34.1 Å². The molecular weight excluding hydrogens is 1310 g/mol. The van der Waals surface area contributed by atoms with E-state index in [4.69, 9.17) is 0 Å². The fourth-order valence-corrected chi connectivity index (χ4v) is 18.1. The molecule has 0 bridgehead atoms. The monoisotopic (exact) mass is 1370 g/mol. The predicted molar refractivity (Wildman–Crippen MR) is 454 cm³/mol. The van der Waals surface area contributed by atoms with Crippen molar-refractivity contribution >= 4 is 131 Å². The van der Waals surface area contributed by atoms with Gasteiger partial charge in [-0.25, -0.2) is 0 Å². The number of aromatic nitrogens is 6. The molecule has 6 aromatic heterocycles. The maximum atomic E-state index is 2.44. The van der Waals surface area contributed by atoms with Crippen molar-refractivity contribution in [1.29, 1.82) is 0 Å². The zero-order chi connectivity index (χ0) is 70.7. The Bertz CT molecular complexity index is 7600.